The van der Waals surface area contributed by atoms with Crippen molar-refractivity contribution in [3.05, 3.63) is 28.8 Å². The van der Waals surface area contributed by atoms with Crippen LogP contribution in [0.3, 0.4) is 0 Å². The van der Waals surface area contributed by atoms with Gasteiger partial charge in [0.05, 0.1) is 16.3 Å². The Kier molecular flexibility index (Phi) is 3.94. The fourth-order valence-electron chi connectivity index (χ4n) is 2.16. The van der Waals surface area contributed by atoms with E-state index < -0.39 is 23.8 Å². The molecule has 0 bridgehead atoms. The van der Waals surface area contributed by atoms with E-state index in [2.05, 4.69) is 5.32 Å². The van der Waals surface area contributed by atoms with E-state index in [1.54, 1.807) is 19.1 Å². The van der Waals surface area contributed by atoms with E-state index in [1.165, 1.54) is 11.0 Å². The number of halogens is 1. The number of carbonyl (C=O) groups excluding carboxylic acids is 3. The average molecular weight is 296 g/mol. The summed E-state index contributed by atoms with van der Waals surface area (Å²) >= 11 is 5.88. The van der Waals surface area contributed by atoms with Gasteiger partial charge in [0.25, 0.3) is 5.91 Å². The van der Waals surface area contributed by atoms with E-state index >= 15 is 0 Å². The summed E-state index contributed by atoms with van der Waals surface area (Å²) in [5.41, 5.74) is 6.12. The largest absolute Gasteiger partial charge is 0.397 e. The van der Waals surface area contributed by atoms with Crippen LogP contribution >= 0.6 is 11.6 Å². The van der Waals surface area contributed by atoms with Crippen molar-refractivity contribution in [2.45, 2.75) is 19.4 Å². The molecule has 1 atom stereocenters. The SMILES string of the molecule is CCC1C(=O)NC(=O)CN1C(=O)c1cccc(Cl)c1N. The Morgan fingerprint density at radius 1 is 1.50 bits per heavy atom. The number of anilines is 1. The highest BCUT2D eigenvalue weighted by Gasteiger charge is 2.36. The minimum Gasteiger partial charge on any atom is -0.397 e. The number of carbonyl (C=O) groups is 3. The van der Waals surface area contributed by atoms with Gasteiger partial charge >= 0.3 is 0 Å². The molecule has 7 heteroatoms. The lowest BCUT2D eigenvalue weighted by molar-refractivity contribution is -0.138. The van der Waals surface area contributed by atoms with Gasteiger partial charge in [0.15, 0.2) is 0 Å². The molecule has 6 nitrogen and oxygen atoms in total. The van der Waals surface area contributed by atoms with Crippen LogP contribution in [0.15, 0.2) is 18.2 Å². The summed E-state index contributed by atoms with van der Waals surface area (Å²) in [6.07, 6.45) is 0.408. The number of benzene rings is 1. The van der Waals surface area contributed by atoms with Crippen LogP contribution in [0.4, 0.5) is 5.69 Å². The molecular formula is C13H14ClN3O3. The maximum absolute atomic E-state index is 12.5. The molecule has 0 aromatic heterocycles. The summed E-state index contributed by atoms with van der Waals surface area (Å²) in [5, 5.41) is 2.47. The normalized spacial score (nSPS) is 18.9. The van der Waals surface area contributed by atoms with Gasteiger partial charge in [-0.2, -0.15) is 0 Å². The highest BCUT2D eigenvalue weighted by Crippen LogP contribution is 2.25. The fraction of sp³-hybridized carbons (Fsp3) is 0.308. The van der Waals surface area contributed by atoms with Gasteiger partial charge < -0.3 is 10.6 Å². The smallest absolute Gasteiger partial charge is 0.257 e. The molecule has 0 aliphatic carbocycles. The zero-order chi connectivity index (χ0) is 14.9. The van der Waals surface area contributed by atoms with E-state index in [0.717, 1.165) is 0 Å². The Morgan fingerprint density at radius 2 is 2.20 bits per heavy atom. The predicted molar refractivity (Wildman–Crippen MR) is 74.1 cm³/mol. The average Bonchev–Trinajstić information content (AvgIpc) is 2.40. The van der Waals surface area contributed by atoms with Crippen molar-refractivity contribution < 1.29 is 14.4 Å². The number of hydrogen-bond donors (Lipinski definition) is 2. The molecule has 2 rings (SSSR count). The summed E-state index contributed by atoms with van der Waals surface area (Å²) in [5.74, 6) is -1.45. The summed E-state index contributed by atoms with van der Waals surface area (Å²) in [4.78, 5) is 36.9. The van der Waals surface area contributed by atoms with Crippen LogP contribution in [0.2, 0.25) is 5.02 Å². The quantitative estimate of drug-likeness (QED) is 0.623. The van der Waals surface area contributed by atoms with Gasteiger partial charge in [-0.05, 0) is 18.6 Å². The second-order valence-corrected chi connectivity index (χ2v) is 4.88. The molecule has 0 saturated carbocycles. The van der Waals surface area contributed by atoms with E-state index in [0.29, 0.717) is 6.42 Å². The van der Waals surface area contributed by atoms with Gasteiger partial charge in [0, 0.05) is 0 Å². The van der Waals surface area contributed by atoms with E-state index in [1.807, 2.05) is 0 Å². The zero-order valence-corrected chi connectivity index (χ0v) is 11.6. The van der Waals surface area contributed by atoms with E-state index in [-0.39, 0.29) is 22.8 Å². The Balaban J connectivity index is 2.37. The molecule has 1 unspecified atom stereocenters. The fourth-order valence-corrected chi connectivity index (χ4v) is 2.34. The van der Waals surface area contributed by atoms with Gasteiger partial charge in [-0.15, -0.1) is 0 Å². The first-order chi connectivity index (χ1) is 9.45. The standard InChI is InChI=1S/C13H14ClN3O3/c1-2-9-12(19)16-10(18)6-17(9)13(20)7-4-3-5-8(14)11(7)15/h3-5,9H,2,6,15H2,1H3,(H,16,18,19). The molecule has 1 aromatic carbocycles. The topological polar surface area (TPSA) is 92.5 Å². The lowest BCUT2D eigenvalue weighted by Crippen LogP contribution is -2.59. The monoisotopic (exact) mass is 295 g/mol. The van der Waals surface area contributed by atoms with Crippen LogP contribution in [0, 0.1) is 0 Å². The lowest BCUT2D eigenvalue weighted by atomic mass is 10.1. The summed E-state index contributed by atoms with van der Waals surface area (Å²) in [6.45, 7) is 1.59. The van der Waals surface area contributed by atoms with Crippen LogP contribution in [0.1, 0.15) is 23.7 Å². The first-order valence-electron chi connectivity index (χ1n) is 6.14. The Hall–Kier alpha value is -2.08. The number of nitrogens with zero attached hydrogens (tertiary/aromatic N) is 1. The van der Waals surface area contributed by atoms with Crippen molar-refractivity contribution in [2.75, 3.05) is 12.3 Å². The minimum absolute atomic E-state index is 0.146. The van der Waals surface area contributed by atoms with Crippen LogP contribution in [-0.2, 0) is 9.59 Å². The number of nitrogen functional groups attached to an aromatic ring is 1. The molecule has 1 fully saturated rings. The third-order valence-electron chi connectivity index (χ3n) is 3.19. The molecule has 1 aliphatic heterocycles. The molecule has 1 heterocycles. The number of piperazine rings is 1. The van der Waals surface area contributed by atoms with E-state index in [4.69, 9.17) is 17.3 Å². The molecule has 0 spiro atoms. The van der Waals surface area contributed by atoms with Gasteiger partial charge in [-0.3, -0.25) is 19.7 Å². The minimum atomic E-state index is -0.682. The highest BCUT2D eigenvalue weighted by atomic mass is 35.5. The molecule has 0 radical (unpaired) electrons. The van der Waals surface area contributed by atoms with Gasteiger partial charge in [-0.25, -0.2) is 0 Å². The van der Waals surface area contributed by atoms with Crippen molar-refractivity contribution in [2.24, 2.45) is 0 Å². The van der Waals surface area contributed by atoms with Gasteiger partial charge in [0.1, 0.15) is 12.6 Å². The molecule has 3 amide bonds. The molecule has 1 aliphatic rings. The first-order valence-corrected chi connectivity index (χ1v) is 6.52. The van der Waals surface area contributed by atoms with E-state index in [9.17, 15) is 14.4 Å². The van der Waals surface area contributed by atoms with Crippen LogP contribution in [0.25, 0.3) is 0 Å². The molecular weight excluding hydrogens is 282 g/mol. The van der Waals surface area contributed by atoms with Gasteiger partial charge in [-0.1, -0.05) is 24.6 Å². The number of rotatable bonds is 2. The summed E-state index contributed by atoms with van der Waals surface area (Å²) < 4.78 is 0. The molecule has 1 saturated heterocycles. The predicted octanol–water partition coefficient (Wildman–Crippen LogP) is 0.799. The maximum Gasteiger partial charge on any atom is 0.257 e. The third kappa shape index (κ3) is 2.46. The van der Waals surface area contributed by atoms with Crippen LogP contribution < -0.4 is 11.1 Å². The summed E-state index contributed by atoms with van der Waals surface area (Å²) in [7, 11) is 0. The second kappa shape index (κ2) is 5.50. The Morgan fingerprint density at radius 3 is 2.85 bits per heavy atom. The highest BCUT2D eigenvalue weighted by molar-refractivity contribution is 6.34. The lowest BCUT2D eigenvalue weighted by Gasteiger charge is -2.33. The third-order valence-corrected chi connectivity index (χ3v) is 3.52. The molecule has 106 valence electrons. The van der Waals surface area contributed by atoms with Crippen molar-refractivity contribution in [3.63, 3.8) is 0 Å². The van der Waals surface area contributed by atoms with Crippen LogP contribution in [0.5, 0.6) is 0 Å². The van der Waals surface area contributed by atoms with Crippen molar-refractivity contribution in [1.29, 1.82) is 0 Å². The first kappa shape index (κ1) is 14.3. The zero-order valence-electron chi connectivity index (χ0n) is 10.9. The van der Waals surface area contributed by atoms with Crippen molar-refractivity contribution in [3.8, 4) is 0 Å². The maximum atomic E-state index is 12.5. The van der Waals surface area contributed by atoms with Crippen molar-refractivity contribution >= 4 is 35.0 Å². The number of imide groups is 1. The number of nitrogens with one attached hydrogen (secondary N) is 1. The van der Waals surface area contributed by atoms with Gasteiger partial charge in [0.2, 0.25) is 11.8 Å². The molecule has 20 heavy (non-hydrogen) atoms. The second-order valence-electron chi connectivity index (χ2n) is 4.47. The number of para-hydroxylation sites is 1. The molecule has 3 N–H and O–H groups in total. The number of hydrogen-bond acceptors (Lipinski definition) is 4. The number of nitrogens with two attached hydrogens (primary N) is 1. The molecule has 1 aromatic rings. The summed E-state index contributed by atoms with van der Waals surface area (Å²) in [6, 6.07) is 4.00. The Bertz CT molecular complexity index is 588. The van der Waals surface area contributed by atoms with Crippen molar-refractivity contribution in [1.82, 2.24) is 10.2 Å². The van der Waals surface area contributed by atoms with Crippen LogP contribution in [-0.4, -0.2) is 35.2 Å². The number of amides is 3. The Labute approximate surface area is 120 Å².